The lowest BCUT2D eigenvalue weighted by molar-refractivity contribution is 0.0453. The van der Waals surface area contributed by atoms with E-state index in [-0.39, 0.29) is 0 Å². The second-order valence-corrected chi connectivity index (χ2v) is 6.53. The van der Waals surface area contributed by atoms with Gasteiger partial charge in [-0.05, 0) is 47.4 Å². The zero-order chi connectivity index (χ0) is 18.5. The number of rotatable bonds is 11. The van der Waals surface area contributed by atoms with Crippen molar-refractivity contribution in [3.05, 3.63) is 57.8 Å². The Morgan fingerprint density at radius 1 is 1.04 bits per heavy atom. The average molecular weight is 376 g/mol. The number of ether oxygens (including phenoxy) is 2. The first kappa shape index (κ1) is 20.4. The molecule has 0 aliphatic heterocycles. The van der Waals surface area contributed by atoms with Crippen LogP contribution < -0.4 is 10.6 Å². The number of guanidine groups is 1. The normalized spacial score (nSPS) is 11.5. The van der Waals surface area contributed by atoms with Gasteiger partial charge in [-0.25, -0.2) is 4.99 Å². The molecule has 0 bridgehead atoms. The van der Waals surface area contributed by atoms with Crippen molar-refractivity contribution in [1.82, 2.24) is 10.6 Å². The minimum atomic E-state index is 0.604. The van der Waals surface area contributed by atoms with Crippen LogP contribution in [0.5, 0.6) is 0 Å². The predicted molar refractivity (Wildman–Crippen MR) is 109 cm³/mol. The Morgan fingerprint density at radius 3 is 2.65 bits per heavy atom. The Morgan fingerprint density at radius 2 is 1.88 bits per heavy atom. The van der Waals surface area contributed by atoms with E-state index in [1.807, 2.05) is 6.92 Å². The molecule has 0 aliphatic carbocycles. The molecule has 1 heterocycles. The lowest BCUT2D eigenvalue weighted by Gasteiger charge is -2.12. The maximum atomic E-state index is 5.64. The third kappa shape index (κ3) is 7.99. The second kappa shape index (κ2) is 12.5. The Labute approximate surface area is 160 Å². The van der Waals surface area contributed by atoms with Crippen LogP contribution in [0.25, 0.3) is 0 Å². The summed E-state index contributed by atoms with van der Waals surface area (Å²) in [6.07, 6.45) is 0. The van der Waals surface area contributed by atoms with Crippen LogP contribution in [0.15, 0.2) is 46.1 Å². The van der Waals surface area contributed by atoms with Gasteiger partial charge in [0.05, 0.1) is 26.4 Å². The Bertz CT molecular complexity index is 644. The summed E-state index contributed by atoms with van der Waals surface area (Å²) in [5.41, 5.74) is 3.61. The predicted octanol–water partition coefficient (Wildman–Crippen LogP) is 3.56. The molecule has 2 aromatic rings. The van der Waals surface area contributed by atoms with E-state index in [0.29, 0.717) is 26.4 Å². The molecule has 26 heavy (non-hydrogen) atoms. The molecule has 0 amide bonds. The molecule has 0 radical (unpaired) electrons. The molecule has 6 heteroatoms. The molecular formula is C20H29N3O2S. The largest absolute Gasteiger partial charge is 0.379 e. The van der Waals surface area contributed by atoms with E-state index in [2.05, 4.69) is 63.6 Å². The smallest absolute Gasteiger partial charge is 0.191 e. The maximum Gasteiger partial charge on any atom is 0.191 e. The zero-order valence-corrected chi connectivity index (χ0v) is 16.5. The molecule has 1 aromatic heterocycles. The highest BCUT2D eigenvalue weighted by Gasteiger charge is 2.01. The van der Waals surface area contributed by atoms with Crippen molar-refractivity contribution in [1.29, 1.82) is 0 Å². The molecule has 0 fully saturated rings. The lowest BCUT2D eigenvalue weighted by Crippen LogP contribution is -2.36. The van der Waals surface area contributed by atoms with Crippen molar-refractivity contribution >= 4 is 17.3 Å². The third-order valence-corrected chi connectivity index (χ3v) is 4.37. The molecule has 142 valence electrons. The zero-order valence-electron chi connectivity index (χ0n) is 15.7. The van der Waals surface area contributed by atoms with Gasteiger partial charge in [-0.1, -0.05) is 24.3 Å². The molecule has 2 N–H and O–H groups in total. The lowest BCUT2D eigenvalue weighted by atomic mass is 10.1. The minimum absolute atomic E-state index is 0.604. The van der Waals surface area contributed by atoms with Gasteiger partial charge in [0.1, 0.15) is 0 Å². The van der Waals surface area contributed by atoms with Gasteiger partial charge >= 0.3 is 0 Å². The summed E-state index contributed by atoms with van der Waals surface area (Å²) in [5, 5.41) is 10.9. The molecule has 2 rings (SSSR count). The van der Waals surface area contributed by atoms with E-state index in [9.17, 15) is 0 Å². The fourth-order valence-corrected chi connectivity index (χ4v) is 3.02. The van der Waals surface area contributed by atoms with Gasteiger partial charge in [0.25, 0.3) is 0 Å². The highest BCUT2D eigenvalue weighted by atomic mass is 32.1. The van der Waals surface area contributed by atoms with Crippen LogP contribution >= 0.6 is 11.3 Å². The van der Waals surface area contributed by atoms with E-state index in [1.54, 1.807) is 11.3 Å². The van der Waals surface area contributed by atoms with Crippen LogP contribution in [0, 0.1) is 0 Å². The molecule has 1 aromatic carbocycles. The van der Waals surface area contributed by atoms with Gasteiger partial charge in [0, 0.05) is 19.7 Å². The molecule has 0 saturated carbocycles. The van der Waals surface area contributed by atoms with Gasteiger partial charge in [-0.3, -0.25) is 0 Å². The van der Waals surface area contributed by atoms with Crippen LogP contribution in [-0.4, -0.2) is 32.3 Å². The first-order valence-electron chi connectivity index (χ1n) is 9.08. The van der Waals surface area contributed by atoms with Crippen molar-refractivity contribution in [2.45, 2.75) is 33.5 Å². The van der Waals surface area contributed by atoms with Gasteiger partial charge in [0.2, 0.25) is 0 Å². The molecule has 0 spiro atoms. The topological polar surface area (TPSA) is 54.9 Å². The summed E-state index contributed by atoms with van der Waals surface area (Å²) in [7, 11) is 0. The fraction of sp³-hybridized carbons (Fsp3) is 0.450. The van der Waals surface area contributed by atoms with Gasteiger partial charge in [-0.15, -0.1) is 0 Å². The molecule has 0 aliphatic rings. The van der Waals surface area contributed by atoms with Crippen molar-refractivity contribution in [2.24, 2.45) is 4.99 Å². The number of thiophene rings is 1. The van der Waals surface area contributed by atoms with Crippen LogP contribution in [0.2, 0.25) is 0 Å². The summed E-state index contributed by atoms with van der Waals surface area (Å²) in [5.74, 6) is 0.831. The van der Waals surface area contributed by atoms with E-state index in [0.717, 1.165) is 25.7 Å². The second-order valence-electron chi connectivity index (χ2n) is 5.75. The van der Waals surface area contributed by atoms with Crippen LogP contribution in [0.4, 0.5) is 0 Å². The SMILES string of the molecule is CCNC(=NCc1ccsc1)NCc1cccc(COCCOCC)c1. The molecule has 0 saturated heterocycles. The molecule has 5 nitrogen and oxygen atoms in total. The first-order chi connectivity index (χ1) is 12.8. The number of hydrogen-bond acceptors (Lipinski definition) is 4. The summed E-state index contributed by atoms with van der Waals surface area (Å²) >= 11 is 1.70. The number of nitrogens with one attached hydrogen (secondary N) is 2. The standard InChI is InChI=1S/C20H29N3O2S/c1-3-21-20(23-14-19-8-11-26-16-19)22-13-17-6-5-7-18(12-17)15-25-10-9-24-4-2/h5-8,11-12,16H,3-4,9-10,13-15H2,1-2H3,(H2,21,22,23). The Kier molecular flexibility index (Phi) is 9.79. The van der Waals surface area contributed by atoms with Gasteiger partial charge in [-0.2, -0.15) is 11.3 Å². The molecular weight excluding hydrogens is 346 g/mol. The van der Waals surface area contributed by atoms with Crippen LogP contribution in [0.1, 0.15) is 30.5 Å². The summed E-state index contributed by atoms with van der Waals surface area (Å²) in [6.45, 7) is 8.90. The van der Waals surface area contributed by atoms with Crippen molar-refractivity contribution < 1.29 is 9.47 Å². The summed E-state index contributed by atoms with van der Waals surface area (Å²) in [6, 6.07) is 10.5. The van der Waals surface area contributed by atoms with E-state index in [4.69, 9.17) is 9.47 Å². The van der Waals surface area contributed by atoms with E-state index < -0.39 is 0 Å². The Balaban J connectivity index is 1.82. The summed E-state index contributed by atoms with van der Waals surface area (Å²) < 4.78 is 10.9. The maximum absolute atomic E-state index is 5.64. The van der Waals surface area contributed by atoms with Crippen molar-refractivity contribution in [3.63, 3.8) is 0 Å². The van der Waals surface area contributed by atoms with Crippen LogP contribution in [0.3, 0.4) is 0 Å². The highest BCUT2D eigenvalue weighted by molar-refractivity contribution is 7.07. The van der Waals surface area contributed by atoms with Crippen molar-refractivity contribution in [2.75, 3.05) is 26.4 Å². The number of benzene rings is 1. The third-order valence-electron chi connectivity index (χ3n) is 3.64. The fourth-order valence-electron chi connectivity index (χ4n) is 2.36. The van der Waals surface area contributed by atoms with Gasteiger partial charge < -0.3 is 20.1 Å². The van der Waals surface area contributed by atoms with Gasteiger partial charge in [0.15, 0.2) is 5.96 Å². The number of aliphatic imine (C=N–C) groups is 1. The minimum Gasteiger partial charge on any atom is -0.379 e. The van der Waals surface area contributed by atoms with Crippen LogP contribution in [-0.2, 0) is 29.2 Å². The summed E-state index contributed by atoms with van der Waals surface area (Å²) in [4.78, 5) is 4.63. The number of nitrogens with zero attached hydrogens (tertiary/aromatic N) is 1. The van der Waals surface area contributed by atoms with E-state index >= 15 is 0 Å². The number of hydrogen-bond donors (Lipinski definition) is 2. The first-order valence-corrected chi connectivity index (χ1v) is 10.0. The Hall–Kier alpha value is -1.89. The molecule has 0 unspecified atom stereocenters. The highest BCUT2D eigenvalue weighted by Crippen LogP contribution is 2.08. The quantitative estimate of drug-likeness (QED) is 0.358. The molecule has 0 atom stereocenters. The monoisotopic (exact) mass is 375 g/mol. The average Bonchev–Trinajstić information content (AvgIpc) is 3.18. The van der Waals surface area contributed by atoms with E-state index in [1.165, 1.54) is 16.7 Å². The van der Waals surface area contributed by atoms with Crippen molar-refractivity contribution in [3.8, 4) is 0 Å².